The summed E-state index contributed by atoms with van der Waals surface area (Å²) in [6, 6.07) is 3.27. The van der Waals surface area contributed by atoms with Crippen molar-refractivity contribution in [3.8, 4) is 0 Å². The Balaban J connectivity index is 3.05. The summed E-state index contributed by atoms with van der Waals surface area (Å²) in [6.45, 7) is 0. The molecule has 0 amide bonds. The van der Waals surface area contributed by atoms with E-state index in [2.05, 4.69) is 0 Å². The van der Waals surface area contributed by atoms with Gasteiger partial charge in [-0.25, -0.2) is 13.2 Å². The first-order valence-corrected chi connectivity index (χ1v) is 3.92. The molecule has 60 valence electrons. The second-order valence-electron chi connectivity index (χ2n) is 1.97. The quantitative estimate of drug-likeness (QED) is 0.687. The Kier molecular flexibility index (Phi) is 2.75. The van der Waals surface area contributed by atoms with Crippen molar-refractivity contribution in [3.63, 3.8) is 0 Å². The summed E-state index contributed by atoms with van der Waals surface area (Å²) in [5.41, 5.74) is -0.143. The van der Waals surface area contributed by atoms with Crippen LogP contribution in [0.15, 0.2) is 18.2 Å². The van der Waals surface area contributed by atoms with Crippen molar-refractivity contribution in [1.29, 1.82) is 0 Å². The minimum atomic E-state index is -2.52. The third-order valence-corrected chi connectivity index (χ3v) is 2.02. The maximum Gasteiger partial charge on any atom is 0.263 e. The summed E-state index contributed by atoms with van der Waals surface area (Å²) < 4.78 is 36.6. The number of halogens is 4. The third kappa shape index (κ3) is 2.08. The SMILES string of the molecule is Fc1ccc(C(F)F)cc1I. The van der Waals surface area contributed by atoms with Gasteiger partial charge in [0.25, 0.3) is 6.43 Å². The topological polar surface area (TPSA) is 0 Å². The van der Waals surface area contributed by atoms with Crippen LogP contribution in [0.1, 0.15) is 12.0 Å². The molecular formula is C7H4F3I. The Bertz CT molecular complexity index is 260. The molecule has 0 radical (unpaired) electrons. The zero-order valence-electron chi connectivity index (χ0n) is 5.32. The van der Waals surface area contributed by atoms with Gasteiger partial charge in [0.1, 0.15) is 5.82 Å². The zero-order valence-corrected chi connectivity index (χ0v) is 7.48. The molecule has 0 saturated heterocycles. The lowest BCUT2D eigenvalue weighted by atomic mass is 10.2. The molecule has 0 spiro atoms. The molecule has 11 heavy (non-hydrogen) atoms. The average Bonchev–Trinajstić information content (AvgIpc) is 1.94. The second kappa shape index (κ2) is 3.42. The maximum absolute atomic E-state index is 12.5. The van der Waals surface area contributed by atoms with Crippen molar-refractivity contribution in [3.05, 3.63) is 33.1 Å². The normalized spacial score (nSPS) is 10.6. The van der Waals surface area contributed by atoms with Gasteiger partial charge in [-0.15, -0.1) is 0 Å². The van der Waals surface area contributed by atoms with Crippen LogP contribution in [0.25, 0.3) is 0 Å². The maximum atomic E-state index is 12.5. The van der Waals surface area contributed by atoms with Gasteiger partial charge in [-0.3, -0.25) is 0 Å². The van der Waals surface area contributed by atoms with E-state index in [0.29, 0.717) is 0 Å². The highest BCUT2D eigenvalue weighted by molar-refractivity contribution is 14.1. The van der Waals surface area contributed by atoms with Gasteiger partial charge >= 0.3 is 0 Å². The second-order valence-corrected chi connectivity index (χ2v) is 3.14. The van der Waals surface area contributed by atoms with Gasteiger partial charge in [0.2, 0.25) is 0 Å². The zero-order chi connectivity index (χ0) is 8.43. The van der Waals surface area contributed by atoms with Crippen LogP contribution in [0.2, 0.25) is 0 Å². The molecule has 0 bridgehead atoms. The molecule has 1 aromatic rings. The fourth-order valence-corrected chi connectivity index (χ4v) is 1.19. The first kappa shape index (κ1) is 8.83. The standard InChI is InChI=1S/C7H4F3I/c8-5-2-1-4(7(9)10)3-6(5)11/h1-3,7H. The molecule has 0 aliphatic carbocycles. The first-order chi connectivity index (χ1) is 5.11. The predicted octanol–water partition coefficient (Wildman–Crippen LogP) is 3.37. The highest BCUT2D eigenvalue weighted by Gasteiger charge is 2.08. The van der Waals surface area contributed by atoms with Crippen LogP contribution < -0.4 is 0 Å². The molecule has 0 aliphatic rings. The van der Waals surface area contributed by atoms with E-state index in [1.807, 2.05) is 0 Å². The van der Waals surface area contributed by atoms with Crippen LogP contribution >= 0.6 is 22.6 Å². The van der Waals surface area contributed by atoms with Crippen molar-refractivity contribution in [1.82, 2.24) is 0 Å². The Hall–Kier alpha value is -0.260. The number of benzene rings is 1. The Morgan fingerprint density at radius 2 is 1.91 bits per heavy atom. The van der Waals surface area contributed by atoms with Gasteiger partial charge < -0.3 is 0 Å². The summed E-state index contributed by atoms with van der Waals surface area (Å²) in [5.74, 6) is -0.463. The van der Waals surface area contributed by atoms with Crippen LogP contribution in [0.4, 0.5) is 13.2 Å². The molecule has 4 heteroatoms. The molecule has 1 aromatic carbocycles. The van der Waals surface area contributed by atoms with Crippen LogP contribution in [0.3, 0.4) is 0 Å². The minimum Gasteiger partial charge on any atom is -0.206 e. The lowest BCUT2D eigenvalue weighted by Crippen LogP contribution is -1.87. The van der Waals surface area contributed by atoms with Crippen LogP contribution in [0.5, 0.6) is 0 Å². The third-order valence-electron chi connectivity index (χ3n) is 1.20. The Labute approximate surface area is 75.6 Å². The van der Waals surface area contributed by atoms with Gasteiger partial charge in [-0.05, 0) is 34.7 Å². The summed E-state index contributed by atoms with van der Waals surface area (Å²) >= 11 is 1.67. The molecule has 0 N–H and O–H groups in total. The minimum absolute atomic E-state index is 0.143. The van der Waals surface area contributed by atoms with Gasteiger partial charge in [0.05, 0.1) is 0 Å². The van der Waals surface area contributed by atoms with Crippen LogP contribution in [-0.2, 0) is 0 Å². The van der Waals surface area contributed by atoms with Gasteiger partial charge in [0, 0.05) is 9.13 Å². The van der Waals surface area contributed by atoms with E-state index in [4.69, 9.17) is 0 Å². The van der Waals surface area contributed by atoms with Crippen LogP contribution in [0, 0.1) is 9.39 Å². The van der Waals surface area contributed by atoms with E-state index in [-0.39, 0.29) is 9.13 Å². The van der Waals surface area contributed by atoms with E-state index in [0.717, 1.165) is 18.2 Å². The van der Waals surface area contributed by atoms with E-state index >= 15 is 0 Å². The average molecular weight is 272 g/mol. The molecule has 0 unspecified atom stereocenters. The van der Waals surface area contributed by atoms with Crippen molar-refractivity contribution < 1.29 is 13.2 Å². The van der Waals surface area contributed by atoms with E-state index in [9.17, 15) is 13.2 Å². The Morgan fingerprint density at radius 1 is 1.27 bits per heavy atom. The van der Waals surface area contributed by atoms with E-state index in [1.54, 1.807) is 22.6 Å². The van der Waals surface area contributed by atoms with Crippen molar-refractivity contribution in [2.45, 2.75) is 6.43 Å². The molecule has 0 atom stereocenters. The Morgan fingerprint density at radius 3 is 2.36 bits per heavy atom. The van der Waals surface area contributed by atoms with E-state index < -0.39 is 12.2 Å². The molecule has 0 aliphatic heterocycles. The molecule has 0 heterocycles. The summed E-state index contributed by atoms with van der Waals surface area (Å²) in [6.07, 6.45) is -2.52. The largest absolute Gasteiger partial charge is 0.263 e. The highest BCUT2D eigenvalue weighted by atomic mass is 127. The summed E-state index contributed by atoms with van der Waals surface area (Å²) in [5, 5.41) is 0. The molecule has 0 aromatic heterocycles. The van der Waals surface area contributed by atoms with E-state index in [1.165, 1.54) is 0 Å². The van der Waals surface area contributed by atoms with Gasteiger partial charge in [-0.1, -0.05) is 6.07 Å². The number of hydrogen-bond acceptors (Lipinski definition) is 0. The van der Waals surface area contributed by atoms with Crippen molar-refractivity contribution in [2.75, 3.05) is 0 Å². The first-order valence-electron chi connectivity index (χ1n) is 2.84. The monoisotopic (exact) mass is 272 g/mol. The fourth-order valence-electron chi connectivity index (χ4n) is 0.648. The van der Waals surface area contributed by atoms with Crippen molar-refractivity contribution in [2.24, 2.45) is 0 Å². The fraction of sp³-hybridized carbons (Fsp3) is 0.143. The molecule has 0 fully saturated rings. The smallest absolute Gasteiger partial charge is 0.206 e. The molecule has 1 rings (SSSR count). The number of alkyl halides is 2. The van der Waals surface area contributed by atoms with Crippen LogP contribution in [-0.4, -0.2) is 0 Å². The molecular weight excluding hydrogens is 268 g/mol. The van der Waals surface area contributed by atoms with Gasteiger partial charge in [0.15, 0.2) is 0 Å². The summed E-state index contributed by atoms with van der Waals surface area (Å²) in [7, 11) is 0. The van der Waals surface area contributed by atoms with Crippen molar-refractivity contribution >= 4 is 22.6 Å². The lowest BCUT2D eigenvalue weighted by molar-refractivity contribution is 0.151. The highest BCUT2D eigenvalue weighted by Crippen LogP contribution is 2.21. The lowest BCUT2D eigenvalue weighted by Gasteiger charge is -1.99. The van der Waals surface area contributed by atoms with Gasteiger partial charge in [-0.2, -0.15) is 0 Å². The number of rotatable bonds is 1. The number of hydrogen-bond donors (Lipinski definition) is 0. The molecule has 0 nitrogen and oxygen atoms in total. The predicted molar refractivity (Wildman–Crippen MR) is 44.1 cm³/mol. The summed E-state index contributed by atoms with van der Waals surface area (Å²) in [4.78, 5) is 0. The molecule has 0 saturated carbocycles.